The van der Waals surface area contributed by atoms with E-state index in [0.29, 0.717) is 13.0 Å². The molecule has 1 rings (SSSR count). The molecule has 1 aliphatic rings. The molecule has 0 saturated carbocycles. The van der Waals surface area contributed by atoms with Gasteiger partial charge in [-0.2, -0.15) is 0 Å². The Morgan fingerprint density at radius 3 is 2.27 bits per heavy atom. The first kappa shape index (κ1) is 9.94. The van der Waals surface area contributed by atoms with E-state index in [1.54, 1.807) is 0 Å². The Bertz CT molecular complexity index is 141. The van der Waals surface area contributed by atoms with Gasteiger partial charge in [-0.15, -0.1) is 0 Å². The zero-order valence-electron chi connectivity index (χ0n) is 7.18. The Morgan fingerprint density at radius 1 is 1.36 bits per heavy atom. The lowest BCUT2D eigenvalue weighted by Crippen LogP contribution is -2.47. The number of nitrogens with one attached hydrogen (secondary N) is 1. The summed E-state index contributed by atoms with van der Waals surface area (Å²) in [7, 11) is 1.47. The van der Waals surface area contributed by atoms with Gasteiger partial charge >= 0.3 is 6.03 Å². The van der Waals surface area contributed by atoms with Crippen molar-refractivity contribution in [1.29, 1.82) is 0 Å². The topological polar surface area (TPSA) is 49.4 Å². The van der Waals surface area contributed by atoms with Crippen molar-refractivity contribution in [2.75, 3.05) is 13.6 Å². The average Bonchev–Trinajstić information content (AvgIpc) is 2.04. The van der Waals surface area contributed by atoms with E-state index in [9.17, 15) is 9.59 Å². The summed E-state index contributed by atoms with van der Waals surface area (Å²) < 4.78 is 0. The lowest BCUT2D eigenvalue weighted by atomic mass is 10.3. The van der Waals surface area contributed by atoms with Crippen molar-refractivity contribution in [3.63, 3.8) is 0 Å². The smallest absolute Gasteiger partial charge is 0.323 e. The molecule has 1 heterocycles. The number of hydrogen-bond donors (Lipinski definition) is 1. The first-order chi connectivity index (χ1) is 5.22. The van der Waals surface area contributed by atoms with Crippen LogP contribution in [0.5, 0.6) is 0 Å². The minimum Gasteiger partial charge on any atom is -0.337 e. The van der Waals surface area contributed by atoms with Gasteiger partial charge in [0, 0.05) is 20.0 Å². The second kappa shape index (κ2) is 4.71. The van der Waals surface area contributed by atoms with Crippen molar-refractivity contribution in [2.45, 2.75) is 20.3 Å². The van der Waals surface area contributed by atoms with Gasteiger partial charge in [0.2, 0.25) is 5.91 Å². The van der Waals surface area contributed by atoms with Gasteiger partial charge in [0.25, 0.3) is 0 Å². The summed E-state index contributed by atoms with van der Waals surface area (Å²) in [6.45, 7) is 4.47. The van der Waals surface area contributed by atoms with E-state index in [1.807, 2.05) is 13.8 Å². The lowest BCUT2D eigenvalue weighted by molar-refractivity contribution is -0.128. The van der Waals surface area contributed by atoms with Gasteiger partial charge in [0.1, 0.15) is 0 Å². The molecule has 0 aromatic carbocycles. The summed E-state index contributed by atoms with van der Waals surface area (Å²) in [5, 5.41) is 2.53. The molecular formula is C7H14N2O2. The fraction of sp³-hybridized carbons (Fsp3) is 0.714. The highest BCUT2D eigenvalue weighted by Crippen LogP contribution is 1.95. The molecule has 0 atom stereocenters. The average molecular weight is 158 g/mol. The van der Waals surface area contributed by atoms with Crippen LogP contribution in [0.3, 0.4) is 0 Å². The van der Waals surface area contributed by atoms with Gasteiger partial charge in [-0.25, -0.2) is 4.79 Å². The first-order valence-corrected chi connectivity index (χ1v) is 3.76. The molecule has 0 aliphatic carbocycles. The SMILES string of the molecule is CC.CN1C(=O)CCNC1=O. The molecule has 0 unspecified atom stereocenters. The molecule has 0 aromatic heterocycles. The van der Waals surface area contributed by atoms with Crippen LogP contribution in [0.25, 0.3) is 0 Å². The van der Waals surface area contributed by atoms with Crippen LogP contribution in [0, 0.1) is 0 Å². The minimum atomic E-state index is -0.300. The van der Waals surface area contributed by atoms with Crippen LogP contribution >= 0.6 is 0 Å². The third-order valence-corrected chi connectivity index (χ3v) is 1.29. The molecule has 1 aliphatic heterocycles. The summed E-state index contributed by atoms with van der Waals surface area (Å²) in [6, 6.07) is -0.300. The van der Waals surface area contributed by atoms with E-state index >= 15 is 0 Å². The molecule has 1 saturated heterocycles. The van der Waals surface area contributed by atoms with E-state index in [4.69, 9.17) is 0 Å². The molecule has 1 fully saturated rings. The van der Waals surface area contributed by atoms with E-state index in [-0.39, 0.29) is 11.9 Å². The molecular weight excluding hydrogens is 144 g/mol. The highest BCUT2D eigenvalue weighted by molar-refractivity contribution is 5.96. The Kier molecular flexibility index (Phi) is 4.26. The second-order valence-electron chi connectivity index (χ2n) is 1.93. The number of urea groups is 1. The summed E-state index contributed by atoms with van der Waals surface area (Å²) in [4.78, 5) is 22.4. The highest BCUT2D eigenvalue weighted by Gasteiger charge is 2.20. The molecule has 0 radical (unpaired) electrons. The minimum absolute atomic E-state index is 0.112. The Morgan fingerprint density at radius 2 is 1.91 bits per heavy atom. The Labute approximate surface area is 66.6 Å². The maximum absolute atomic E-state index is 10.7. The van der Waals surface area contributed by atoms with E-state index in [1.165, 1.54) is 7.05 Å². The Hall–Kier alpha value is -1.06. The molecule has 64 valence electrons. The monoisotopic (exact) mass is 158 g/mol. The molecule has 0 aromatic rings. The predicted molar refractivity (Wildman–Crippen MR) is 42.1 cm³/mol. The van der Waals surface area contributed by atoms with Crippen LogP contribution in [0.4, 0.5) is 4.79 Å². The van der Waals surface area contributed by atoms with Crippen molar-refractivity contribution in [3.05, 3.63) is 0 Å². The van der Waals surface area contributed by atoms with Gasteiger partial charge in [0.15, 0.2) is 0 Å². The zero-order chi connectivity index (χ0) is 8.85. The molecule has 3 amide bonds. The number of carbonyl (C=O) groups is 2. The zero-order valence-corrected chi connectivity index (χ0v) is 7.18. The number of nitrogens with zero attached hydrogens (tertiary/aromatic N) is 1. The van der Waals surface area contributed by atoms with Crippen molar-refractivity contribution < 1.29 is 9.59 Å². The van der Waals surface area contributed by atoms with Crippen LogP contribution in [-0.2, 0) is 4.79 Å². The third kappa shape index (κ3) is 2.57. The van der Waals surface area contributed by atoms with Crippen molar-refractivity contribution in [3.8, 4) is 0 Å². The standard InChI is InChI=1S/C5H8N2O2.C2H6/c1-7-4(8)2-3-6-5(7)9;1-2/h2-3H2,1H3,(H,6,9);1-2H3. The highest BCUT2D eigenvalue weighted by atomic mass is 16.2. The molecule has 4 heteroatoms. The van der Waals surface area contributed by atoms with Crippen molar-refractivity contribution >= 4 is 11.9 Å². The predicted octanol–water partition coefficient (Wildman–Crippen LogP) is 0.584. The quantitative estimate of drug-likeness (QED) is 0.560. The maximum Gasteiger partial charge on any atom is 0.323 e. The molecule has 1 N–H and O–H groups in total. The largest absolute Gasteiger partial charge is 0.337 e. The van der Waals surface area contributed by atoms with Crippen LogP contribution in [-0.4, -0.2) is 30.4 Å². The number of carbonyl (C=O) groups excluding carboxylic acids is 2. The van der Waals surface area contributed by atoms with E-state index < -0.39 is 0 Å². The van der Waals surface area contributed by atoms with Crippen molar-refractivity contribution in [1.82, 2.24) is 10.2 Å². The van der Waals surface area contributed by atoms with Crippen LogP contribution in [0.15, 0.2) is 0 Å². The lowest BCUT2D eigenvalue weighted by Gasteiger charge is -2.20. The number of rotatable bonds is 0. The Balaban J connectivity index is 0.000000461. The van der Waals surface area contributed by atoms with Gasteiger partial charge in [-0.1, -0.05) is 13.8 Å². The molecule has 4 nitrogen and oxygen atoms in total. The molecule has 0 spiro atoms. The second-order valence-corrected chi connectivity index (χ2v) is 1.93. The van der Waals surface area contributed by atoms with Gasteiger partial charge in [-0.3, -0.25) is 9.69 Å². The number of imide groups is 1. The summed E-state index contributed by atoms with van der Waals surface area (Å²) in [5.74, 6) is -0.112. The van der Waals surface area contributed by atoms with Crippen LogP contribution in [0.2, 0.25) is 0 Å². The molecule has 0 bridgehead atoms. The van der Waals surface area contributed by atoms with Crippen LogP contribution < -0.4 is 5.32 Å². The fourth-order valence-electron chi connectivity index (χ4n) is 0.676. The first-order valence-electron chi connectivity index (χ1n) is 3.76. The number of amides is 3. The van der Waals surface area contributed by atoms with Crippen LogP contribution in [0.1, 0.15) is 20.3 Å². The van der Waals surface area contributed by atoms with Crippen molar-refractivity contribution in [2.24, 2.45) is 0 Å². The van der Waals surface area contributed by atoms with Gasteiger partial charge in [-0.05, 0) is 0 Å². The normalized spacial score (nSPS) is 16.8. The van der Waals surface area contributed by atoms with E-state index in [2.05, 4.69) is 5.32 Å². The maximum atomic E-state index is 10.7. The fourth-order valence-corrected chi connectivity index (χ4v) is 0.676. The summed E-state index contributed by atoms with van der Waals surface area (Å²) in [6.07, 6.45) is 0.419. The molecule has 11 heavy (non-hydrogen) atoms. The van der Waals surface area contributed by atoms with E-state index in [0.717, 1.165) is 4.90 Å². The summed E-state index contributed by atoms with van der Waals surface area (Å²) in [5.41, 5.74) is 0. The van der Waals surface area contributed by atoms with Gasteiger partial charge < -0.3 is 5.32 Å². The van der Waals surface area contributed by atoms with Gasteiger partial charge in [0.05, 0.1) is 0 Å². The third-order valence-electron chi connectivity index (χ3n) is 1.29. The summed E-state index contributed by atoms with van der Waals surface area (Å²) >= 11 is 0. The number of hydrogen-bond acceptors (Lipinski definition) is 2.